The molecule has 4 aromatic carbocycles. The zero-order valence-electron chi connectivity index (χ0n) is 34.6. The number of phenolic OH excluding ortho intramolecular Hbond substituents is 1. The third kappa shape index (κ3) is 5.96. The number of benzene rings is 4. The van der Waals surface area contributed by atoms with Gasteiger partial charge in [0.2, 0.25) is 23.6 Å². The van der Waals surface area contributed by atoms with Crippen molar-refractivity contribution in [1.29, 1.82) is 0 Å². The van der Waals surface area contributed by atoms with Crippen LogP contribution in [0.3, 0.4) is 0 Å². The Labute approximate surface area is 366 Å². The monoisotopic (exact) mass is 863 g/mol. The summed E-state index contributed by atoms with van der Waals surface area (Å²) >= 11 is 7.90. The topological polar surface area (TPSA) is 141 Å². The molecule has 1 saturated carbocycles. The number of amides is 4. The van der Waals surface area contributed by atoms with Crippen molar-refractivity contribution in [2.45, 2.75) is 32.6 Å². The second-order valence-corrected chi connectivity index (χ2v) is 18.6. The van der Waals surface area contributed by atoms with Gasteiger partial charge in [-0.2, -0.15) is 15.3 Å². The van der Waals surface area contributed by atoms with E-state index in [0.717, 1.165) is 31.8 Å². The summed E-state index contributed by atoms with van der Waals surface area (Å²) in [4.78, 5) is 64.5. The molecule has 12 nitrogen and oxygen atoms in total. The van der Waals surface area contributed by atoms with Crippen LogP contribution in [-0.4, -0.2) is 52.6 Å². The first-order valence-corrected chi connectivity index (χ1v) is 21.7. The number of imide groups is 2. The van der Waals surface area contributed by atoms with Crippen molar-refractivity contribution in [3.63, 3.8) is 0 Å². The molecule has 6 aromatic rings. The number of carbonyl (C=O) groups excluding carboxylic acids is 4. The number of allylic oxidation sites excluding steroid dienone is 2. The third-order valence-corrected chi connectivity index (χ3v) is 15.0. The highest BCUT2D eigenvalue weighted by Gasteiger charge is 2.68. The number of halogens is 1. The normalized spacial score (nSPS) is 24.5. The van der Waals surface area contributed by atoms with Gasteiger partial charge in [0.05, 0.1) is 45.1 Å². The van der Waals surface area contributed by atoms with Crippen LogP contribution in [0.1, 0.15) is 36.8 Å². The average molecular weight is 864 g/mol. The highest BCUT2D eigenvalue weighted by molar-refractivity contribution is 7.22. The number of fused-ring (bicyclic) bond motifs is 5. The SMILES string of the molecule is Cc1c(-c2cc(N3C(=O)C4CC5C(=CCC6C(=O)N(c7ccc(N=Nc8ccc(N(C)C)cc8)cc7)C(=O)C65)C(c5ccccc5O)C4(C)C3=O)n(C)n2)sc2ccc(Cl)cc12. The first kappa shape index (κ1) is 39.7. The Kier molecular flexibility index (Phi) is 9.34. The van der Waals surface area contributed by atoms with Gasteiger partial charge >= 0.3 is 0 Å². The quantitative estimate of drug-likeness (QED) is 0.0957. The Morgan fingerprint density at radius 1 is 0.855 bits per heavy atom. The minimum Gasteiger partial charge on any atom is -0.508 e. The molecule has 2 aliphatic carbocycles. The van der Waals surface area contributed by atoms with Crippen molar-refractivity contribution < 1.29 is 24.3 Å². The van der Waals surface area contributed by atoms with Gasteiger partial charge in [-0.3, -0.25) is 28.8 Å². The zero-order chi connectivity index (χ0) is 43.4. The molecule has 4 aliphatic rings. The van der Waals surface area contributed by atoms with Crippen molar-refractivity contribution in [2.24, 2.45) is 46.4 Å². The number of rotatable bonds is 7. The van der Waals surface area contributed by atoms with E-state index < -0.39 is 46.8 Å². The van der Waals surface area contributed by atoms with Crippen molar-refractivity contribution in [3.8, 4) is 16.3 Å². The second kappa shape index (κ2) is 14.6. The number of carbonyl (C=O) groups is 4. The highest BCUT2D eigenvalue weighted by Crippen LogP contribution is 2.64. The van der Waals surface area contributed by atoms with Crippen LogP contribution in [0.2, 0.25) is 5.02 Å². The Balaban J connectivity index is 0.983. The fraction of sp³-hybridized carbons (Fsp3) is 0.271. The number of phenols is 1. The minimum atomic E-state index is -1.33. The molecule has 1 N–H and O–H groups in total. The summed E-state index contributed by atoms with van der Waals surface area (Å²) in [7, 11) is 5.65. The number of hydrogen-bond acceptors (Lipinski definition) is 10. The van der Waals surface area contributed by atoms with E-state index in [1.165, 1.54) is 9.80 Å². The summed E-state index contributed by atoms with van der Waals surface area (Å²) in [6.07, 6.45) is 2.43. The van der Waals surface area contributed by atoms with E-state index >= 15 is 4.79 Å². The van der Waals surface area contributed by atoms with E-state index in [2.05, 4.69) is 10.2 Å². The lowest BCUT2D eigenvalue weighted by atomic mass is 9.51. The van der Waals surface area contributed by atoms with Gasteiger partial charge in [-0.15, -0.1) is 11.3 Å². The molecule has 312 valence electrons. The molecule has 0 bridgehead atoms. The molecule has 4 amide bonds. The molecular formula is C48H42ClN7O5S. The predicted octanol–water partition coefficient (Wildman–Crippen LogP) is 9.89. The maximum Gasteiger partial charge on any atom is 0.242 e. The van der Waals surface area contributed by atoms with E-state index in [1.807, 2.05) is 74.5 Å². The number of nitrogens with zero attached hydrogens (tertiary/aromatic N) is 7. The van der Waals surface area contributed by atoms with Gasteiger partial charge in [-0.25, -0.2) is 4.90 Å². The minimum absolute atomic E-state index is 0.0127. The van der Waals surface area contributed by atoms with Crippen LogP contribution in [0.5, 0.6) is 5.75 Å². The van der Waals surface area contributed by atoms with Crippen LogP contribution in [-0.2, 0) is 26.2 Å². The van der Waals surface area contributed by atoms with Gasteiger partial charge in [0.15, 0.2) is 0 Å². The van der Waals surface area contributed by atoms with Crippen molar-refractivity contribution in [1.82, 2.24) is 9.78 Å². The van der Waals surface area contributed by atoms with Gasteiger partial charge in [-0.05, 0) is 116 Å². The Hall–Kier alpha value is -6.44. The van der Waals surface area contributed by atoms with Crippen molar-refractivity contribution >= 4 is 85.2 Å². The van der Waals surface area contributed by atoms with Crippen LogP contribution in [0.15, 0.2) is 119 Å². The molecule has 6 atom stereocenters. The third-order valence-electron chi connectivity index (χ3n) is 13.5. The number of thiophene rings is 1. The van der Waals surface area contributed by atoms with Gasteiger partial charge in [0, 0.05) is 54.1 Å². The maximum absolute atomic E-state index is 15.2. The van der Waals surface area contributed by atoms with E-state index in [0.29, 0.717) is 39.2 Å². The molecule has 14 heteroatoms. The lowest BCUT2D eigenvalue weighted by Gasteiger charge is -2.49. The average Bonchev–Trinajstić information content (AvgIpc) is 3.93. The van der Waals surface area contributed by atoms with Crippen LogP contribution in [0.25, 0.3) is 20.7 Å². The number of aromatic hydroxyl groups is 1. The standard InChI is InChI=1S/C48H42ClN7O5S/c1-25-34-22-26(49)10-21-39(34)62-43(25)37-24-40(54(5)52-37)56-45(59)36-23-35-31(42(48(36,2)47(56)61)32-8-6-7-9-38(32)57)19-20-33-41(35)46(60)55(44(33)58)30-17-13-28(14-18-30)51-50-27-11-15-29(16-12-27)53(3)4/h6-19,21-22,24,33,35-36,41-42,57H,20,23H2,1-5H3. The Morgan fingerprint density at radius 2 is 1.55 bits per heavy atom. The van der Waals surface area contributed by atoms with Gasteiger partial charge in [0.25, 0.3) is 0 Å². The molecule has 4 heterocycles. The van der Waals surface area contributed by atoms with E-state index in [4.69, 9.17) is 16.7 Å². The van der Waals surface area contributed by atoms with Crippen LogP contribution >= 0.6 is 22.9 Å². The predicted molar refractivity (Wildman–Crippen MR) is 240 cm³/mol. The van der Waals surface area contributed by atoms with Crippen molar-refractivity contribution in [3.05, 3.63) is 125 Å². The summed E-state index contributed by atoms with van der Waals surface area (Å²) < 4.78 is 2.60. The second-order valence-electron chi connectivity index (χ2n) is 17.1. The molecule has 3 fully saturated rings. The molecule has 62 heavy (non-hydrogen) atoms. The molecule has 2 aromatic heterocycles. The highest BCUT2D eigenvalue weighted by atomic mass is 35.5. The Morgan fingerprint density at radius 3 is 2.24 bits per heavy atom. The van der Waals surface area contributed by atoms with E-state index in [1.54, 1.807) is 84.6 Å². The maximum atomic E-state index is 15.2. The number of aromatic nitrogens is 2. The molecular weight excluding hydrogens is 822 g/mol. The number of aryl methyl sites for hydroxylation is 2. The van der Waals surface area contributed by atoms with Gasteiger partial charge in [0.1, 0.15) is 17.3 Å². The Bertz CT molecular complexity index is 2940. The van der Waals surface area contributed by atoms with E-state index in [-0.39, 0.29) is 30.4 Å². The van der Waals surface area contributed by atoms with Crippen LogP contribution in [0.4, 0.5) is 28.6 Å². The smallest absolute Gasteiger partial charge is 0.242 e. The molecule has 6 unspecified atom stereocenters. The number of hydrogen-bond donors (Lipinski definition) is 1. The van der Waals surface area contributed by atoms with Crippen LogP contribution < -0.4 is 14.7 Å². The van der Waals surface area contributed by atoms with E-state index in [9.17, 15) is 19.5 Å². The molecule has 2 saturated heterocycles. The van der Waals surface area contributed by atoms with Gasteiger partial charge in [-0.1, -0.05) is 41.4 Å². The van der Waals surface area contributed by atoms with Crippen LogP contribution in [0, 0.1) is 36.0 Å². The molecule has 0 spiro atoms. The first-order valence-electron chi connectivity index (χ1n) is 20.5. The summed E-state index contributed by atoms with van der Waals surface area (Å²) in [6, 6.07) is 28.9. The lowest BCUT2D eigenvalue weighted by molar-refractivity contribution is -0.131. The molecule has 0 radical (unpaired) electrons. The fourth-order valence-corrected chi connectivity index (χ4v) is 11.7. The largest absolute Gasteiger partial charge is 0.508 e. The summed E-state index contributed by atoms with van der Waals surface area (Å²) in [5.41, 5.74) is 4.28. The molecule has 2 aliphatic heterocycles. The fourth-order valence-electron chi connectivity index (χ4n) is 10.4. The number of azo groups is 1. The summed E-state index contributed by atoms with van der Waals surface area (Å²) in [5.74, 6) is -4.74. The molecule has 10 rings (SSSR count). The number of para-hydroxylation sites is 1. The zero-order valence-corrected chi connectivity index (χ0v) is 36.2. The first-order chi connectivity index (χ1) is 29.8. The number of anilines is 3. The van der Waals surface area contributed by atoms with Gasteiger partial charge < -0.3 is 10.0 Å². The van der Waals surface area contributed by atoms with Crippen molar-refractivity contribution in [2.75, 3.05) is 28.8 Å². The summed E-state index contributed by atoms with van der Waals surface area (Å²) in [5, 5.41) is 26.6. The summed E-state index contributed by atoms with van der Waals surface area (Å²) in [6.45, 7) is 3.81. The lowest BCUT2D eigenvalue weighted by Crippen LogP contribution is -2.49.